The standard InChI is InChI=1S/C14H22IN/c1-12(2)5-3-4-10-16-11-13-6-8-14(15)9-7-13/h6-9,12,16H,3-5,10-11H2,1-2H3. The lowest BCUT2D eigenvalue weighted by Gasteiger charge is -2.06. The zero-order valence-electron chi connectivity index (χ0n) is 10.3. The fourth-order valence-electron chi connectivity index (χ4n) is 1.64. The second-order valence-electron chi connectivity index (χ2n) is 4.69. The first-order valence-electron chi connectivity index (χ1n) is 6.13. The Morgan fingerprint density at radius 2 is 1.81 bits per heavy atom. The zero-order valence-corrected chi connectivity index (χ0v) is 12.5. The molecule has 0 aliphatic carbocycles. The Morgan fingerprint density at radius 1 is 1.12 bits per heavy atom. The Balaban J connectivity index is 2.05. The average Bonchev–Trinajstić information content (AvgIpc) is 2.25. The van der Waals surface area contributed by atoms with Gasteiger partial charge in [-0.25, -0.2) is 0 Å². The van der Waals surface area contributed by atoms with Crippen LogP contribution in [-0.4, -0.2) is 6.54 Å². The summed E-state index contributed by atoms with van der Waals surface area (Å²) >= 11 is 2.34. The van der Waals surface area contributed by atoms with Gasteiger partial charge in [-0.15, -0.1) is 0 Å². The van der Waals surface area contributed by atoms with Gasteiger partial charge in [0.2, 0.25) is 0 Å². The van der Waals surface area contributed by atoms with Crippen molar-refractivity contribution in [3.05, 3.63) is 33.4 Å². The summed E-state index contributed by atoms with van der Waals surface area (Å²) in [5.74, 6) is 0.844. The van der Waals surface area contributed by atoms with Gasteiger partial charge >= 0.3 is 0 Å². The molecule has 0 amide bonds. The highest BCUT2D eigenvalue weighted by atomic mass is 127. The van der Waals surface area contributed by atoms with E-state index in [-0.39, 0.29) is 0 Å². The Bertz CT molecular complexity index is 279. The molecule has 1 N–H and O–H groups in total. The van der Waals surface area contributed by atoms with Crippen molar-refractivity contribution in [2.75, 3.05) is 6.54 Å². The molecule has 0 atom stereocenters. The predicted molar refractivity (Wildman–Crippen MR) is 79.6 cm³/mol. The van der Waals surface area contributed by atoms with Crippen molar-refractivity contribution < 1.29 is 0 Å². The van der Waals surface area contributed by atoms with Crippen LogP contribution in [0.15, 0.2) is 24.3 Å². The van der Waals surface area contributed by atoms with Crippen LogP contribution in [0, 0.1) is 9.49 Å². The summed E-state index contributed by atoms with van der Waals surface area (Å²) in [4.78, 5) is 0. The molecule has 0 saturated heterocycles. The number of halogens is 1. The number of unbranched alkanes of at least 4 members (excludes halogenated alkanes) is 1. The third-order valence-corrected chi connectivity index (χ3v) is 3.35. The number of hydrogen-bond acceptors (Lipinski definition) is 1. The molecule has 0 bridgehead atoms. The fraction of sp³-hybridized carbons (Fsp3) is 0.571. The van der Waals surface area contributed by atoms with Crippen molar-refractivity contribution in [1.29, 1.82) is 0 Å². The van der Waals surface area contributed by atoms with Gasteiger partial charge in [0.25, 0.3) is 0 Å². The summed E-state index contributed by atoms with van der Waals surface area (Å²) < 4.78 is 1.30. The van der Waals surface area contributed by atoms with Crippen LogP contribution in [0.2, 0.25) is 0 Å². The first-order valence-corrected chi connectivity index (χ1v) is 7.21. The van der Waals surface area contributed by atoms with Gasteiger partial charge in [-0.05, 0) is 59.2 Å². The second-order valence-corrected chi connectivity index (χ2v) is 5.94. The van der Waals surface area contributed by atoms with E-state index in [1.807, 2.05) is 0 Å². The van der Waals surface area contributed by atoms with Crippen molar-refractivity contribution in [2.45, 2.75) is 39.7 Å². The van der Waals surface area contributed by atoms with Crippen LogP contribution in [-0.2, 0) is 6.54 Å². The number of nitrogens with one attached hydrogen (secondary N) is 1. The van der Waals surface area contributed by atoms with Crippen LogP contribution in [0.4, 0.5) is 0 Å². The van der Waals surface area contributed by atoms with Gasteiger partial charge in [0, 0.05) is 10.1 Å². The average molecular weight is 331 g/mol. The molecular formula is C14H22IN. The third kappa shape index (κ3) is 6.48. The molecule has 1 nitrogen and oxygen atoms in total. The predicted octanol–water partition coefficient (Wildman–Crippen LogP) is 4.21. The maximum Gasteiger partial charge on any atom is 0.0205 e. The zero-order chi connectivity index (χ0) is 11.8. The van der Waals surface area contributed by atoms with E-state index in [2.05, 4.69) is 66.0 Å². The van der Waals surface area contributed by atoms with E-state index in [1.165, 1.54) is 28.4 Å². The molecule has 0 spiro atoms. The van der Waals surface area contributed by atoms with Crippen LogP contribution in [0.1, 0.15) is 38.7 Å². The van der Waals surface area contributed by atoms with E-state index in [0.717, 1.165) is 19.0 Å². The maximum absolute atomic E-state index is 3.49. The Hall–Kier alpha value is -0.0900. The summed E-state index contributed by atoms with van der Waals surface area (Å²) in [6, 6.07) is 8.72. The minimum Gasteiger partial charge on any atom is -0.313 e. The van der Waals surface area contributed by atoms with Gasteiger partial charge in [0.15, 0.2) is 0 Å². The molecule has 1 aromatic rings. The van der Waals surface area contributed by atoms with Gasteiger partial charge in [-0.3, -0.25) is 0 Å². The molecule has 2 heteroatoms. The first kappa shape index (κ1) is 14.0. The molecule has 0 aliphatic rings. The molecule has 1 rings (SSSR count). The minimum atomic E-state index is 0.844. The number of benzene rings is 1. The van der Waals surface area contributed by atoms with Crippen molar-refractivity contribution in [1.82, 2.24) is 5.32 Å². The third-order valence-electron chi connectivity index (χ3n) is 2.63. The van der Waals surface area contributed by atoms with Gasteiger partial charge in [0.05, 0.1) is 0 Å². The SMILES string of the molecule is CC(C)CCCCNCc1ccc(I)cc1. The smallest absolute Gasteiger partial charge is 0.0205 e. The van der Waals surface area contributed by atoms with Crippen molar-refractivity contribution in [2.24, 2.45) is 5.92 Å². The van der Waals surface area contributed by atoms with Gasteiger partial charge in [0.1, 0.15) is 0 Å². The maximum atomic E-state index is 3.49. The summed E-state index contributed by atoms with van der Waals surface area (Å²) in [6.07, 6.45) is 3.99. The van der Waals surface area contributed by atoms with Crippen molar-refractivity contribution in [3.8, 4) is 0 Å². The lowest BCUT2D eigenvalue weighted by Crippen LogP contribution is -2.14. The Morgan fingerprint density at radius 3 is 2.44 bits per heavy atom. The molecule has 0 aliphatic heterocycles. The fourth-order valence-corrected chi connectivity index (χ4v) is 2.00. The van der Waals surface area contributed by atoms with Crippen LogP contribution < -0.4 is 5.32 Å². The molecule has 1 aromatic carbocycles. The quantitative estimate of drug-likeness (QED) is 0.583. The highest BCUT2D eigenvalue weighted by Crippen LogP contribution is 2.07. The minimum absolute atomic E-state index is 0.844. The van der Waals surface area contributed by atoms with E-state index < -0.39 is 0 Å². The number of hydrogen-bond donors (Lipinski definition) is 1. The monoisotopic (exact) mass is 331 g/mol. The first-order chi connectivity index (χ1) is 7.68. The molecule has 0 fully saturated rings. The molecule has 0 heterocycles. The van der Waals surface area contributed by atoms with E-state index in [4.69, 9.17) is 0 Å². The largest absolute Gasteiger partial charge is 0.313 e. The normalized spacial score (nSPS) is 11.0. The highest BCUT2D eigenvalue weighted by molar-refractivity contribution is 14.1. The number of rotatable bonds is 7. The summed E-state index contributed by atoms with van der Waals surface area (Å²) in [7, 11) is 0. The molecule has 16 heavy (non-hydrogen) atoms. The molecule has 0 unspecified atom stereocenters. The second kappa shape index (κ2) is 8.07. The molecule has 90 valence electrons. The molecule has 0 radical (unpaired) electrons. The van der Waals surface area contributed by atoms with Crippen LogP contribution in [0.25, 0.3) is 0 Å². The van der Waals surface area contributed by atoms with Crippen LogP contribution in [0.5, 0.6) is 0 Å². The van der Waals surface area contributed by atoms with Gasteiger partial charge < -0.3 is 5.32 Å². The lowest BCUT2D eigenvalue weighted by atomic mass is 10.1. The highest BCUT2D eigenvalue weighted by Gasteiger charge is 1.95. The van der Waals surface area contributed by atoms with E-state index in [1.54, 1.807) is 0 Å². The van der Waals surface area contributed by atoms with Gasteiger partial charge in [-0.1, -0.05) is 38.8 Å². The summed E-state index contributed by atoms with van der Waals surface area (Å²) in [5, 5.41) is 3.49. The molecular weight excluding hydrogens is 309 g/mol. The molecule has 0 saturated carbocycles. The van der Waals surface area contributed by atoms with E-state index in [9.17, 15) is 0 Å². The summed E-state index contributed by atoms with van der Waals surface area (Å²) in [5.41, 5.74) is 1.38. The Kier molecular flexibility index (Phi) is 7.05. The van der Waals surface area contributed by atoms with Crippen molar-refractivity contribution in [3.63, 3.8) is 0 Å². The van der Waals surface area contributed by atoms with Gasteiger partial charge in [-0.2, -0.15) is 0 Å². The topological polar surface area (TPSA) is 12.0 Å². The van der Waals surface area contributed by atoms with E-state index in [0.29, 0.717) is 0 Å². The molecule has 0 aromatic heterocycles. The van der Waals surface area contributed by atoms with Crippen LogP contribution >= 0.6 is 22.6 Å². The summed E-state index contributed by atoms with van der Waals surface area (Å²) in [6.45, 7) is 6.72. The van der Waals surface area contributed by atoms with Crippen molar-refractivity contribution >= 4 is 22.6 Å². The van der Waals surface area contributed by atoms with E-state index >= 15 is 0 Å². The van der Waals surface area contributed by atoms with Crippen LogP contribution in [0.3, 0.4) is 0 Å². The lowest BCUT2D eigenvalue weighted by molar-refractivity contribution is 0.520. The Labute approximate surface area is 113 Å².